The van der Waals surface area contributed by atoms with Crippen LogP contribution in [0.15, 0.2) is 0 Å². The van der Waals surface area contributed by atoms with Crippen LogP contribution < -0.4 is 0 Å². The van der Waals surface area contributed by atoms with E-state index in [-0.39, 0.29) is 30.5 Å². The summed E-state index contributed by atoms with van der Waals surface area (Å²) in [5.41, 5.74) is 0. The van der Waals surface area contributed by atoms with Crippen molar-refractivity contribution >= 4 is 11.6 Å². The smallest absolute Gasteiger partial charge is 0.165 e. The molecule has 1 rings (SSSR count). The summed E-state index contributed by atoms with van der Waals surface area (Å²) >= 11 is 0. The van der Waals surface area contributed by atoms with Crippen molar-refractivity contribution in [3.8, 4) is 0 Å². The highest BCUT2D eigenvalue weighted by Gasteiger charge is 2.26. The fraction of sp³-hybridized carbons (Fsp3) is 0.778. The minimum atomic E-state index is -0.102. The molecule has 0 unspecified atom stereocenters. The molecule has 1 aliphatic rings. The van der Waals surface area contributed by atoms with Gasteiger partial charge >= 0.3 is 0 Å². The molecule has 0 bridgehead atoms. The Morgan fingerprint density at radius 2 is 2.08 bits per heavy atom. The van der Waals surface area contributed by atoms with Crippen LogP contribution >= 0.6 is 0 Å². The highest BCUT2D eigenvalue weighted by Crippen LogP contribution is 2.27. The predicted molar refractivity (Wildman–Crippen MR) is 43.8 cm³/mol. The van der Waals surface area contributed by atoms with Crippen molar-refractivity contribution in [2.75, 3.05) is 13.7 Å². The van der Waals surface area contributed by atoms with Crippen LogP contribution in [-0.2, 0) is 14.3 Å². The molecule has 0 aromatic rings. The summed E-state index contributed by atoms with van der Waals surface area (Å²) in [5.74, 6) is 0.170. The van der Waals surface area contributed by atoms with Gasteiger partial charge in [0, 0.05) is 13.0 Å². The highest BCUT2D eigenvalue weighted by atomic mass is 16.5. The Hall–Kier alpha value is -0.700. The molecule has 0 aliphatic heterocycles. The second-order valence-corrected chi connectivity index (χ2v) is 3.24. The summed E-state index contributed by atoms with van der Waals surface area (Å²) in [7, 11) is 1.46. The maximum Gasteiger partial charge on any atom is 0.165 e. The Morgan fingerprint density at radius 1 is 1.42 bits per heavy atom. The fourth-order valence-electron chi connectivity index (χ4n) is 1.28. The molecule has 1 aliphatic carbocycles. The van der Waals surface area contributed by atoms with Crippen molar-refractivity contribution in [3.05, 3.63) is 0 Å². The van der Waals surface area contributed by atoms with Crippen molar-refractivity contribution in [1.29, 1.82) is 0 Å². The van der Waals surface area contributed by atoms with Gasteiger partial charge in [-0.1, -0.05) is 6.42 Å². The zero-order valence-corrected chi connectivity index (χ0v) is 7.34. The molecule has 1 fully saturated rings. The van der Waals surface area contributed by atoms with Crippen LogP contribution in [0.2, 0.25) is 0 Å². The van der Waals surface area contributed by atoms with Gasteiger partial charge in [-0.15, -0.1) is 0 Å². The number of carbonyl (C=O) groups excluding carboxylic acids is 2. The number of hydrogen-bond donors (Lipinski definition) is 0. The van der Waals surface area contributed by atoms with E-state index in [9.17, 15) is 9.59 Å². The Morgan fingerprint density at radius 3 is 2.50 bits per heavy atom. The van der Waals surface area contributed by atoms with E-state index in [2.05, 4.69) is 4.74 Å². The molecule has 0 saturated heterocycles. The third-order valence-electron chi connectivity index (χ3n) is 2.24. The van der Waals surface area contributed by atoms with Gasteiger partial charge in [-0.05, 0) is 12.8 Å². The van der Waals surface area contributed by atoms with Gasteiger partial charge in [-0.25, -0.2) is 0 Å². The van der Waals surface area contributed by atoms with Crippen LogP contribution in [-0.4, -0.2) is 25.3 Å². The molecule has 12 heavy (non-hydrogen) atoms. The number of ketones is 2. The first kappa shape index (κ1) is 9.39. The van der Waals surface area contributed by atoms with Gasteiger partial charge in [0.15, 0.2) is 5.78 Å². The van der Waals surface area contributed by atoms with E-state index in [1.807, 2.05) is 0 Å². The van der Waals surface area contributed by atoms with E-state index >= 15 is 0 Å². The topological polar surface area (TPSA) is 43.4 Å². The quantitative estimate of drug-likeness (QED) is 0.577. The number of methoxy groups -OCH3 is 1. The third-order valence-corrected chi connectivity index (χ3v) is 2.24. The summed E-state index contributed by atoms with van der Waals surface area (Å²) in [6.07, 6.45) is 3.14. The Balaban J connectivity index is 2.20. The summed E-state index contributed by atoms with van der Waals surface area (Å²) in [4.78, 5) is 22.2. The largest absolute Gasteiger partial charge is 0.377 e. The van der Waals surface area contributed by atoms with E-state index in [1.54, 1.807) is 0 Å². The van der Waals surface area contributed by atoms with Crippen LogP contribution in [0.4, 0.5) is 0 Å². The molecular weight excluding hydrogens is 156 g/mol. The second-order valence-electron chi connectivity index (χ2n) is 3.24. The van der Waals surface area contributed by atoms with Crippen molar-refractivity contribution in [3.63, 3.8) is 0 Å². The first-order chi connectivity index (χ1) is 5.74. The standard InChI is InChI=1S/C9H14O3/c1-12-6-8(10)5-9(11)7-3-2-4-7/h7H,2-6H2,1H3. The van der Waals surface area contributed by atoms with Gasteiger partial charge in [0.05, 0.1) is 6.42 Å². The van der Waals surface area contributed by atoms with Crippen LogP contribution in [0.25, 0.3) is 0 Å². The Kier molecular flexibility index (Phi) is 3.41. The summed E-state index contributed by atoms with van der Waals surface area (Å²) in [6, 6.07) is 0. The molecule has 1 saturated carbocycles. The lowest BCUT2D eigenvalue weighted by Gasteiger charge is -2.23. The fourth-order valence-corrected chi connectivity index (χ4v) is 1.28. The van der Waals surface area contributed by atoms with Gasteiger partial charge in [0.25, 0.3) is 0 Å². The minimum absolute atomic E-state index is 0.0679. The summed E-state index contributed by atoms with van der Waals surface area (Å²) in [5, 5.41) is 0. The molecule has 0 heterocycles. The van der Waals surface area contributed by atoms with Gasteiger partial charge in [-0.2, -0.15) is 0 Å². The molecule has 0 radical (unpaired) electrons. The highest BCUT2D eigenvalue weighted by molar-refractivity contribution is 6.00. The molecule has 0 N–H and O–H groups in total. The third kappa shape index (κ3) is 2.41. The lowest BCUT2D eigenvalue weighted by Crippen LogP contribution is -2.25. The number of hydrogen-bond acceptors (Lipinski definition) is 3. The molecular formula is C9H14O3. The van der Waals surface area contributed by atoms with E-state index in [4.69, 9.17) is 0 Å². The maximum absolute atomic E-state index is 11.2. The molecule has 0 amide bonds. The average Bonchev–Trinajstić information content (AvgIpc) is 1.82. The van der Waals surface area contributed by atoms with Crippen LogP contribution in [0.5, 0.6) is 0 Å². The molecule has 0 spiro atoms. The number of ether oxygens (including phenoxy) is 1. The van der Waals surface area contributed by atoms with Crippen LogP contribution in [0.1, 0.15) is 25.7 Å². The van der Waals surface area contributed by atoms with Crippen molar-refractivity contribution in [2.45, 2.75) is 25.7 Å². The second kappa shape index (κ2) is 4.36. The zero-order valence-electron chi connectivity index (χ0n) is 7.34. The first-order valence-electron chi connectivity index (χ1n) is 4.27. The molecule has 3 nitrogen and oxygen atoms in total. The molecule has 0 atom stereocenters. The van der Waals surface area contributed by atoms with Crippen molar-refractivity contribution in [2.24, 2.45) is 5.92 Å². The molecule has 0 aromatic heterocycles. The zero-order chi connectivity index (χ0) is 8.97. The number of Topliss-reactive ketones (excluding diaryl/α,β-unsaturated/α-hetero) is 2. The Bertz CT molecular complexity index is 182. The average molecular weight is 170 g/mol. The maximum atomic E-state index is 11.2. The molecule has 0 aromatic carbocycles. The lowest BCUT2D eigenvalue weighted by atomic mass is 9.81. The monoisotopic (exact) mass is 170 g/mol. The van der Waals surface area contributed by atoms with Crippen molar-refractivity contribution < 1.29 is 14.3 Å². The number of carbonyl (C=O) groups is 2. The Labute approximate surface area is 72.1 Å². The van der Waals surface area contributed by atoms with Crippen LogP contribution in [0, 0.1) is 5.92 Å². The number of rotatable bonds is 5. The van der Waals surface area contributed by atoms with Gasteiger partial charge in [0.1, 0.15) is 12.4 Å². The van der Waals surface area contributed by atoms with E-state index in [1.165, 1.54) is 7.11 Å². The summed E-state index contributed by atoms with van der Waals surface area (Å²) in [6.45, 7) is 0.0679. The molecule has 68 valence electrons. The van der Waals surface area contributed by atoms with E-state index in [0.29, 0.717) is 0 Å². The first-order valence-corrected chi connectivity index (χ1v) is 4.27. The minimum Gasteiger partial charge on any atom is -0.377 e. The lowest BCUT2D eigenvalue weighted by molar-refractivity contribution is -0.132. The van der Waals surface area contributed by atoms with Crippen molar-refractivity contribution in [1.82, 2.24) is 0 Å². The van der Waals surface area contributed by atoms with E-state index in [0.717, 1.165) is 19.3 Å². The van der Waals surface area contributed by atoms with Gasteiger partial charge in [0.2, 0.25) is 0 Å². The molecule has 3 heteroatoms. The summed E-state index contributed by atoms with van der Waals surface area (Å²) < 4.78 is 4.63. The van der Waals surface area contributed by atoms with Crippen LogP contribution in [0.3, 0.4) is 0 Å². The SMILES string of the molecule is COCC(=O)CC(=O)C1CCC1. The van der Waals surface area contributed by atoms with Gasteiger partial charge < -0.3 is 4.74 Å². The van der Waals surface area contributed by atoms with Gasteiger partial charge in [-0.3, -0.25) is 9.59 Å². The normalized spacial score (nSPS) is 17.1. The predicted octanol–water partition coefficient (Wildman–Crippen LogP) is 0.961. The van der Waals surface area contributed by atoms with E-state index < -0.39 is 0 Å².